The molecule has 1 heterocycles. The van der Waals surface area contributed by atoms with E-state index in [0.717, 1.165) is 11.1 Å². The zero-order valence-corrected chi connectivity index (χ0v) is 11.0. The molecule has 19 heavy (non-hydrogen) atoms. The Bertz CT molecular complexity index is 522. The molecule has 2 rings (SSSR count). The van der Waals surface area contributed by atoms with Crippen LogP contribution in [0.2, 0.25) is 0 Å². The highest BCUT2D eigenvalue weighted by atomic mass is 16.5. The number of ether oxygens (including phenoxy) is 1. The summed E-state index contributed by atoms with van der Waals surface area (Å²) in [5.74, 6) is 5.50. The van der Waals surface area contributed by atoms with Crippen LogP contribution in [0.1, 0.15) is 21.5 Å². The summed E-state index contributed by atoms with van der Waals surface area (Å²) in [5, 5.41) is 8.74. The number of rotatable bonds is 1. The number of benzene rings is 1. The molecule has 0 aromatic heterocycles. The number of carbonyl (C=O) groups is 1. The van der Waals surface area contributed by atoms with Gasteiger partial charge in [-0.15, -0.1) is 0 Å². The number of aliphatic hydroxyl groups excluding tert-OH is 1. The Balaban J connectivity index is 2.26. The Hall–Kier alpha value is -1.83. The maximum absolute atomic E-state index is 12.4. The lowest BCUT2D eigenvalue weighted by Gasteiger charge is -2.27. The molecule has 1 aliphatic heterocycles. The first-order valence-electron chi connectivity index (χ1n) is 6.30. The van der Waals surface area contributed by atoms with Crippen molar-refractivity contribution in [2.24, 2.45) is 0 Å². The Labute approximate surface area is 113 Å². The van der Waals surface area contributed by atoms with Crippen LogP contribution in [0.4, 0.5) is 0 Å². The molecule has 0 radical (unpaired) electrons. The van der Waals surface area contributed by atoms with Crippen molar-refractivity contribution in [1.82, 2.24) is 4.90 Å². The van der Waals surface area contributed by atoms with Gasteiger partial charge in [0.25, 0.3) is 5.91 Å². The summed E-state index contributed by atoms with van der Waals surface area (Å²) in [6.45, 7) is 4.15. The molecule has 0 aliphatic carbocycles. The zero-order valence-electron chi connectivity index (χ0n) is 11.0. The Morgan fingerprint density at radius 2 is 2.16 bits per heavy atom. The first kappa shape index (κ1) is 13.6. The van der Waals surface area contributed by atoms with Gasteiger partial charge in [0, 0.05) is 24.2 Å². The molecule has 1 aliphatic rings. The predicted molar refractivity (Wildman–Crippen MR) is 71.9 cm³/mol. The predicted octanol–water partition coefficient (Wildman–Crippen LogP) is 0.811. The van der Waals surface area contributed by atoms with Crippen molar-refractivity contribution >= 4 is 5.91 Å². The fourth-order valence-corrected chi connectivity index (χ4v) is 2.07. The molecule has 1 amide bonds. The summed E-state index contributed by atoms with van der Waals surface area (Å²) in [6, 6.07) is 5.49. The SMILES string of the molecule is Cc1c(C#CCO)cccc1C(=O)N1CCOCC1. The normalized spacial score (nSPS) is 14.7. The van der Waals surface area contributed by atoms with Gasteiger partial charge in [-0.3, -0.25) is 4.79 Å². The largest absolute Gasteiger partial charge is 0.384 e. The molecule has 0 bridgehead atoms. The van der Waals surface area contributed by atoms with E-state index in [0.29, 0.717) is 31.9 Å². The first-order valence-corrected chi connectivity index (χ1v) is 6.30. The number of morpholine rings is 1. The smallest absolute Gasteiger partial charge is 0.254 e. The van der Waals surface area contributed by atoms with Gasteiger partial charge in [0.05, 0.1) is 13.2 Å². The van der Waals surface area contributed by atoms with Crippen LogP contribution in [0.5, 0.6) is 0 Å². The maximum atomic E-state index is 12.4. The quantitative estimate of drug-likeness (QED) is 0.759. The molecule has 0 atom stereocenters. The van der Waals surface area contributed by atoms with Crippen LogP contribution < -0.4 is 0 Å². The summed E-state index contributed by atoms with van der Waals surface area (Å²) in [5.41, 5.74) is 2.32. The van der Waals surface area contributed by atoms with E-state index in [4.69, 9.17) is 9.84 Å². The second-order valence-electron chi connectivity index (χ2n) is 4.34. The van der Waals surface area contributed by atoms with Crippen molar-refractivity contribution in [3.63, 3.8) is 0 Å². The van der Waals surface area contributed by atoms with E-state index in [1.807, 2.05) is 25.1 Å². The van der Waals surface area contributed by atoms with E-state index < -0.39 is 0 Å². The summed E-state index contributed by atoms with van der Waals surface area (Å²) in [6.07, 6.45) is 0. The molecule has 100 valence electrons. The van der Waals surface area contributed by atoms with Crippen LogP contribution in [0.15, 0.2) is 18.2 Å². The van der Waals surface area contributed by atoms with E-state index in [1.54, 1.807) is 4.90 Å². The third-order valence-corrected chi connectivity index (χ3v) is 3.16. The van der Waals surface area contributed by atoms with Gasteiger partial charge in [0.15, 0.2) is 0 Å². The molecular weight excluding hydrogens is 242 g/mol. The Morgan fingerprint density at radius 1 is 1.42 bits per heavy atom. The summed E-state index contributed by atoms with van der Waals surface area (Å²) in [7, 11) is 0. The molecule has 4 nitrogen and oxygen atoms in total. The fourth-order valence-electron chi connectivity index (χ4n) is 2.07. The number of amides is 1. The van der Waals surface area contributed by atoms with E-state index in [-0.39, 0.29) is 12.5 Å². The van der Waals surface area contributed by atoms with Gasteiger partial charge in [-0.1, -0.05) is 17.9 Å². The summed E-state index contributed by atoms with van der Waals surface area (Å²) < 4.78 is 5.25. The number of hydrogen-bond donors (Lipinski definition) is 1. The third kappa shape index (κ3) is 3.14. The standard InChI is InChI=1S/C15H17NO3/c1-12-13(5-3-9-17)4-2-6-14(12)15(18)16-7-10-19-11-8-16/h2,4,6,17H,7-11H2,1H3. The van der Waals surface area contributed by atoms with E-state index in [1.165, 1.54) is 0 Å². The second-order valence-corrected chi connectivity index (χ2v) is 4.34. The first-order chi connectivity index (χ1) is 9.24. The van der Waals surface area contributed by atoms with Crippen molar-refractivity contribution < 1.29 is 14.6 Å². The van der Waals surface area contributed by atoms with Gasteiger partial charge >= 0.3 is 0 Å². The van der Waals surface area contributed by atoms with Crippen molar-refractivity contribution in [2.45, 2.75) is 6.92 Å². The third-order valence-electron chi connectivity index (χ3n) is 3.16. The fraction of sp³-hybridized carbons (Fsp3) is 0.400. The van der Waals surface area contributed by atoms with E-state index >= 15 is 0 Å². The van der Waals surface area contributed by atoms with Crippen LogP contribution in [-0.2, 0) is 4.74 Å². The molecule has 0 saturated carbocycles. The Kier molecular flexibility index (Phi) is 4.56. The Morgan fingerprint density at radius 3 is 2.84 bits per heavy atom. The van der Waals surface area contributed by atoms with Gasteiger partial charge < -0.3 is 14.7 Å². The molecule has 0 spiro atoms. The molecule has 1 aromatic carbocycles. The van der Waals surface area contributed by atoms with Gasteiger partial charge in [-0.05, 0) is 24.6 Å². The molecule has 1 fully saturated rings. The highest BCUT2D eigenvalue weighted by Gasteiger charge is 2.20. The van der Waals surface area contributed by atoms with Crippen molar-refractivity contribution in [2.75, 3.05) is 32.9 Å². The number of aliphatic hydroxyl groups is 1. The average molecular weight is 259 g/mol. The number of carbonyl (C=O) groups excluding carboxylic acids is 1. The minimum Gasteiger partial charge on any atom is -0.384 e. The lowest BCUT2D eigenvalue weighted by Crippen LogP contribution is -2.41. The van der Waals surface area contributed by atoms with E-state index in [2.05, 4.69) is 11.8 Å². The molecule has 1 saturated heterocycles. The summed E-state index contributed by atoms with van der Waals surface area (Å²) >= 11 is 0. The monoisotopic (exact) mass is 259 g/mol. The molecule has 1 aromatic rings. The minimum atomic E-state index is -0.179. The number of hydrogen-bond acceptors (Lipinski definition) is 3. The van der Waals surface area contributed by atoms with Gasteiger partial charge in [0.2, 0.25) is 0 Å². The van der Waals surface area contributed by atoms with Crippen LogP contribution in [0.3, 0.4) is 0 Å². The van der Waals surface area contributed by atoms with Crippen LogP contribution in [0, 0.1) is 18.8 Å². The van der Waals surface area contributed by atoms with Crippen molar-refractivity contribution in [1.29, 1.82) is 0 Å². The summed E-state index contributed by atoms with van der Waals surface area (Å²) in [4.78, 5) is 14.2. The van der Waals surface area contributed by atoms with Crippen molar-refractivity contribution in [3.05, 3.63) is 34.9 Å². The minimum absolute atomic E-state index is 0.0217. The van der Waals surface area contributed by atoms with Gasteiger partial charge in [-0.2, -0.15) is 0 Å². The lowest BCUT2D eigenvalue weighted by atomic mass is 10.0. The molecule has 4 heteroatoms. The van der Waals surface area contributed by atoms with Crippen LogP contribution in [-0.4, -0.2) is 48.8 Å². The zero-order chi connectivity index (χ0) is 13.7. The van der Waals surface area contributed by atoms with Crippen molar-refractivity contribution in [3.8, 4) is 11.8 Å². The lowest BCUT2D eigenvalue weighted by molar-refractivity contribution is 0.0302. The van der Waals surface area contributed by atoms with Gasteiger partial charge in [-0.25, -0.2) is 0 Å². The molecule has 1 N–H and O–H groups in total. The molecule has 0 unspecified atom stereocenters. The second kappa shape index (κ2) is 6.37. The average Bonchev–Trinajstić information content (AvgIpc) is 2.46. The number of nitrogens with zero attached hydrogens (tertiary/aromatic N) is 1. The highest BCUT2D eigenvalue weighted by Crippen LogP contribution is 2.16. The van der Waals surface area contributed by atoms with E-state index in [9.17, 15) is 4.79 Å². The highest BCUT2D eigenvalue weighted by molar-refractivity contribution is 5.96. The van der Waals surface area contributed by atoms with Gasteiger partial charge in [0.1, 0.15) is 6.61 Å². The molecular formula is C15H17NO3. The van der Waals surface area contributed by atoms with Crippen LogP contribution >= 0.6 is 0 Å². The van der Waals surface area contributed by atoms with Crippen LogP contribution in [0.25, 0.3) is 0 Å². The maximum Gasteiger partial charge on any atom is 0.254 e. The topological polar surface area (TPSA) is 49.8 Å².